The molecule has 2 rings (SSSR count). The summed E-state index contributed by atoms with van der Waals surface area (Å²) >= 11 is 0. The summed E-state index contributed by atoms with van der Waals surface area (Å²) in [6, 6.07) is 1.24. The van der Waals surface area contributed by atoms with Crippen molar-refractivity contribution in [3.05, 3.63) is 0 Å². The van der Waals surface area contributed by atoms with E-state index in [1.807, 2.05) is 20.8 Å². The monoisotopic (exact) mass is 296 g/mol. The molecule has 0 aromatic rings. The van der Waals surface area contributed by atoms with E-state index in [4.69, 9.17) is 4.74 Å². The Kier molecular flexibility index (Phi) is 5.53. The fourth-order valence-electron chi connectivity index (χ4n) is 3.39. The number of rotatable bonds is 6. The van der Waals surface area contributed by atoms with Crippen molar-refractivity contribution in [1.29, 1.82) is 0 Å². The second-order valence-electron chi connectivity index (χ2n) is 7.70. The van der Waals surface area contributed by atoms with Crippen molar-refractivity contribution in [3.63, 3.8) is 0 Å². The molecule has 21 heavy (non-hydrogen) atoms. The number of alkyl carbamates (subject to hydrolysis) is 1. The second kappa shape index (κ2) is 6.99. The maximum Gasteiger partial charge on any atom is 0.407 e. The summed E-state index contributed by atoms with van der Waals surface area (Å²) in [6.45, 7) is 8.70. The summed E-state index contributed by atoms with van der Waals surface area (Å²) in [5.41, 5.74) is -0.420. The molecule has 2 fully saturated rings. The predicted molar refractivity (Wildman–Crippen MR) is 85.3 cm³/mol. The normalized spacial score (nSPS) is 27.4. The molecule has 2 aliphatic rings. The van der Waals surface area contributed by atoms with Gasteiger partial charge < -0.3 is 15.4 Å². The molecule has 0 aromatic carbocycles. The van der Waals surface area contributed by atoms with Crippen LogP contribution in [0.25, 0.3) is 0 Å². The van der Waals surface area contributed by atoms with Crippen molar-refractivity contribution in [2.75, 3.05) is 6.54 Å². The number of ether oxygens (including phenoxy) is 1. The Balaban J connectivity index is 1.75. The topological polar surface area (TPSA) is 50.4 Å². The van der Waals surface area contributed by atoms with Gasteiger partial charge in [-0.3, -0.25) is 0 Å². The van der Waals surface area contributed by atoms with Crippen LogP contribution in [0.4, 0.5) is 4.79 Å². The van der Waals surface area contributed by atoms with Crippen molar-refractivity contribution in [3.8, 4) is 0 Å². The summed E-state index contributed by atoms with van der Waals surface area (Å²) in [5, 5.41) is 6.80. The summed E-state index contributed by atoms with van der Waals surface area (Å²) in [5.74, 6) is 1.44. The van der Waals surface area contributed by atoms with Crippen LogP contribution in [0.5, 0.6) is 0 Å². The Morgan fingerprint density at radius 2 is 1.95 bits per heavy atom. The van der Waals surface area contributed by atoms with E-state index in [1.165, 1.54) is 38.5 Å². The number of nitrogens with one attached hydrogen (secondary N) is 2. The van der Waals surface area contributed by atoms with Gasteiger partial charge in [0.2, 0.25) is 0 Å². The smallest absolute Gasteiger partial charge is 0.407 e. The molecule has 2 aliphatic carbocycles. The molecule has 3 unspecified atom stereocenters. The molecule has 4 nitrogen and oxygen atoms in total. The first-order valence-corrected chi connectivity index (χ1v) is 8.62. The lowest BCUT2D eigenvalue weighted by Crippen LogP contribution is -2.45. The molecule has 0 aliphatic heterocycles. The number of hydrogen-bond acceptors (Lipinski definition) is 3. The molecule has 0 aromatic heterocycles. The number of carbonyl (C=O) groups excluding carboxylic acids is 1. The molecular formula is C17H32N2O2. The van der Waals surface area contributed by atoms with E-state index in [0.717, 1.165) is 12.5 Å². The third kappa shape index (κ3) is 5.50. The van der Waals surface area contributed by atoms with Crippen molar-refractivity contribution in [2.24, 2.45) is 11.8 Å². The van der Waals surface area contributed by atoms with Crippen molar-refractivity contribution < 1.29 is 9.53 Å². The molecule has 0 heterocycles. The molecule has 3 atom stereocenters. The van der Waals surface area contributed by atoms with Gasteiger partial charge in [-0.05, 0) is 64.7 Å². The average Bonchev–Trinajstić information content (AvgIpc) is 3.12. The SMILES string of the molecule is CCC(NC1CCCC1CNC(=O)OC(C)(C)C)C1CC1. The van der Waals surface area contributed by atoms with E-state index in [1.54, 1.807) is 0 Å². The van der Waals surface area contributed by atoms with Gasteiger partial charge in [-0.2, -0.15) is 0 Å². The van der Waals surface area contributed by atoms with Crippen molar-refractivity contribution >= 4 is 6.09 Å². The Bertz CT molecular complexity index is 347. The molecule has 0 bridgehead atoms. The molecule has 2 N–H and O–H groups in total. The number of amides is 1. The first kappa shape index (κ1) is 16.6. The van der Waals surface area contributed by atoms with Gasteiger partial charge in [-0.1, -0.05) is 13.3 Å². The minimum absolute atomic E-state index is 0.289. The summed E-state index contributed by atoms with van der Waals surface area (Å²) in [6.07, 6.45) is 7.41. The van der Waals surface area contributed by atoms with Gasteiger partial charge in [-0.25, -0.2) is 4.79 Å². The van der Waals surface area contributed by atoms with Crippen LogP contribution in [0.15, 0.2) is 0 Å². The van der Waals surface area contributed by atoms with Crippen molar-refractivity contribution in [2.45, 2.75) is 83.9 Å². The maximum atomic E-state index is 11.8. The van der Waals surface area contributed by atoms with Crippen LogP contribution < -0.4 is 10.6 Å². The predicted octanol–water partition coefficient (Wildman–Crippen LogP) is 3.46. The van der Waals surface area contributed by atoms with E-state index < -0.39 is 5.60 Å². The van der Waals surface area contributed by atoms with Crippen LogP contribution in [0.3, 0.4) is 0 Å². The van der Waals surface area contributed by atoms with E-state index in [-0.39, 0.29) is 6.09 Å². The van der Waals surface area contributed by atoms with Gasteiger partial charge in [0, 0.05) is 18.6 Å². The second-order valence-corrected chi connectivity index (χ2v) is 7.70. The van der Waals surface area contributed by atoms with E-state index in [0.29, 0.717) is 18.0 Å². The molecule has 122 valence electrons. The van der Waals surface area contributed by atoms with Gasteiger partial charge in [-0.15, -0.1) is 0 Å². The van der Waals surface area contributed by atoms with Gasteiger partial charge in [0.05, 0.1) is 0 Å². The zero-order valence-electron chi connectivity index (χ0n) is 14.1. The first-order valence-electron chi connectivity index (χ1n) is 8.62. The van der Waals surface area contributed by atoms with E-state index >= 15 is 0 Å². The Labute approximate surface area is 129 Å². The molecular weight excluding hydrogens is 264 g/mol. The minimum atomic E-state index is -0.420. The Morgan fingerprint density at radius 1 is 1.24 bits per heavy atom. The Morgan fingerprint density at radius 3 is 2.52 bits per heavy atom. The van der Waals surface area contributed by atoms with Crippen molar-refractivity contribution in [1.82, 2.24) is 10.6 Å². The largest absolute Gasteiger partial charge is 0.444 e. The number of carbonyl (C=O) groups is 1. The lowest BCUT2D eigenvalue weighted by Gasteiger charge is -2.27. The summed E-state index contributed by atoms with van der Waals surface area (Å²) in [4.78, 5) is 11.8. The highest BCUT2D eigenvalue weighted by Gasteiger charge is 2.35. The Hall–Kier alpha value is -0.770. The molecule has 4 heteroatoms. The zero-order chi connectivity index (χ0) is 15.5. The zero-order valence-corrected chi connectivity index (χ0v) is 14.1. The highest BCUT2D eigenvalue weighted by Crippen LogP contribution is 2.35. The van der Waals surface area contributed by atoms with Crippen LogP contribution in [-0.2, 0) is 4.74 Å². The number of hydrogen-bond donors (Lipinski definition) is 2. The van der Waals surface area contributed by atoms with E-state index in [2.05, 4.69) is 17.6 Å². The third-order valence-corrected chi connectivity index (χ3v) is 4.63. The fourth-order valence-corrected chi connectivity index (χ4v) is 3.39. The highest BCUT2D eigenvalue weighted by molar-refractivity contribution is 5.67. The van der Waals surface area contributed by atoms with Crippen LogP contribution in [0, 0.1) is 11.8 Å². The van der Waals surface area contributed by atoms with Gasteiger partial charge in [0.1, 0.15) is 5.60 Å². The van der Waals surface area contributed by atoms with Crippen LogP contribution in [-0.4, -0.2) is 30.3 Å². The molecule has 1 amide bonds. The van der Waals surface area contributed by atoms with Crippen LogP contribution in [0.1, 0.15) is 66.2 Å². The fraction of sp³-hybridized carbons (Fsp3) is 0.941. The standard InChI is InChI=1S/C17H32N2O2/c1-5-14(12-9-10-12)19-15-8-6-7-13(15)11-18-16(20)21-17(2,3)4/h12-15,19H,5-11H2,1-4H3,(H,18,20). The maximum absolute atomic E-state index is 11.8. The lowest BCUT2D eigenvalue weighted by atomic mass is 10.0. The lowest BCUT2D eigenvalue weighted by molar-refractivity contribution is 0.0517. The van der Waals surface area contributed by atoms with Gasteiger partial charge in [0.25, 0.3) is 0 Å². The van der Waals surface area contributed by atoms with Gasteiger partial charge >= 0.3 is 6.09 Å². The van der Waals surface area contributed by atoms with Crippen LogP contribution in [0.2, 0.25) is 0 Å². The third-order valence-electron chi connectivity index (χ3n) is 4.63. The molecule has 0 spiro atoms. The van der Waals surface area contributed by atoms with Crippen LogP contribution >= 0.6 is 0 Å². The average molecular weight is 296 g/mol. The minimum Gasteiger partial charge on any atom is -0.444 e. The summed E-state index contributed by atoms with van der Waals surface area (Å²) in [7, 11) is 0. The quantitative estimate of drug-likeness (QED) is 0.789. The summed E-state index contributed by atoms with van der Waals surface area (Å²) < 4.78 is 5.31. The molecule has 2 saturated carbocycles. The highest BCUT2D eigenvalue weighted by atomic mass is 16.6. The first-order chi connectivity index (χ1) is 9.89. The van der Waals surface area contributed by atoms with Gasteiger partial charge in [0.15, 0.2) is 0 Å². The molecule has 0 radical (unpaired) electrons. The van der Waals surface area contributed by atoms with E-state index in [9.17, 15) is 4.79 Å². The molecule has 0 saturated heterocycles.